The van der Waals surface area contributed by atoms with E-state index in [0.717, 1.165) is 17.2 Å². The molecule has 2 aromatic rings. The summed E-state index contributed by atoms with van der Waals surface area (Å²) in [4.78, 5) is 12.4. The number of para-hydroxylation sites is 1. The number of carbonyl (C=O) groups excluding carboxylic acids is 1. The first kappa shape index (κ1) is 15.6. The minimum Gasteiger partial charge on any atom is -0.457 e. The van der Waals surface area contributed by atoms with Gasteiger partial charge in [-0.3, -0.25) is 4.79 Å². The Labute approximate surface area is 137 Å². The van der Waals surface area contributed by atoms with Gasteiger partial charge in [0.1, 0.15) is 11.5 Å². The molecule has 1 N–H and O–H groups in total. The first-order valence-corrected chi connectivity index (χ1v) is 7.96. The zero-order chi connectivity index (χ0) is 16.7. The van der Waals surface area contributed by atoms with E-state index in [2.05, 4.69) is 33.0 Å². The van der Waals surface area contributed by atoms with E-state index in [1.165, 1.54) is 0 Å². The maximum atomic E-state index is 12.4. The molecule has 0 unspecified atom stereocenters. The molecule has 1 fully saturated rings. The van der Waals surface area contributed by atoms with Crippen LogP contribution >= 0.6 is 0 Å². The molecule has 3 rings (SSSR count). The van der Waals surface area contributed by atoms with E-state index < -0.39 is 0 Å². The molecule has 0 heterocycles. The van der Waals surface area contributed by atoms with Crippen LogP contribution in [0.15, 0.2) is 54.6 Å². The van der Waals surface area contributed by atoms with Crippen molar-refractivity contribution in [3.05, 3.63) is 54.6 Å². The second kappa shape index (κ2) is 5.41. The van der Waals surface area contributed by atoms with Gasteiger partial charge in [0.2, 0.25) is 5.91 Å². The number of hydrogen-bond acceptors (Lipinski definition) is 2. The van der Waals surface area contributed by atoms with Crippen LogP contribution in [-0.2, 0) is 4.79 Å². The number of nitrogens with one attached hydrogen (secondary N) is 1. The smallest absolute Gasteiger partial charge is 0.228 e. The topological polar surface area (TPSA) is 38.3 Å². The second-order valence-corrected chi connectivity index (χ2v) is 7.31. The van der Waals surface area contributed by atoms with Gasteiger partial charge in [-0.15, -0.1) is 0 Å². The summed E-state index contributed by atoms with van der Waals surface area (Å²) in [5.41, 5.74) is 0.898. The van der Waals surface area contributed by atoms with E-state index >= 15 is 0 Å². The first-order valence-electron chi connectivity index (χ1n) is 7.96. The summed E-state index contributed by atoms with van der Waals surface area (Å²) < 4.78 is 5.75. The van der Waals surface area contributed by atoms with Crippen molar-refractivity contribution in [3.8, 4) is 11.5 Å². The summed E-state index contributed by atoms with van der Waals surface area (Å²) in [5.74, 6) is 1.69. The van der Waals surface area contributed by atoms with Crippen LogP contribution in [0, 0.1) is 16.7 Å². The maximum Gasteiger partial charge on any atom is 0.228 e. The fourth-order valence-corrected chi connectivity index (χ4v) is 3.30. The van der Waals surface area contributed by atoms with E-state index in [9.17, 15) is 4.79 Å². The van der Waals surface area contributed by atoms with Crippen molar-refractivity contribution in [1.29, 1.82) is 0 Å². The molecule has 1 aliphatic carbocycles. The summed E-state index contributed by atoms with van der Waals surface area (Å²) >= 11 is 0. The molecule has 0 aromatic heterocycles. The van der Waals surface area contributed by atoms with Gasteiger partial charge >= 0.3 is 0 Å². The van der Waals surface area contributed by atoms with Gasteiger partial charge < -0.3 is 10.1 Å². The Hall–Kier alpha value is -2.29. The number of anilines is 1. The lowest BCUT2D eigenvalue weighted by molar-refractivity contribution is -0.118. The van der Waals surface area contributed by atoms with E-state index in [-0.39, 0.29) is 22.7 Å². The Bertz CT molecular complexity index is 688. The molecule has 0 saturated heterocycles. The number of benzene rings is 2. The third-order valence-corrected chi connectivity index (χ3v) is 5.38. The molecule has 2 aromatic carbocycles. The van der Waals surface area contributed by atoms with E-state index in [0.29, 0.717) is 0 Å². The highest BCUT2D eigenvalue weighted by Crippen LogP contribution is 2.68. The normalized spacial score (nSPS) is 18.3. The predicted molar refractivity (Wildman–Crippen MR) is 92.6 cm³/mol. The third kappa shape index (κ3) is 2.83. The average Bonchev–Trinajstić information content (AvgIpc) is 2.92. The Morgan fingerprint density at radius 3 is 1.91 bits per heavy atom. The number of amides is 1. The van der Waals surface area contributed by atoms with Crippen molar-refractivity contribution in [3.63, 3.8) is 0 Å². The molecule has 1 amide bonds. The van der Waals surface area contributed by atoms with Gasteiger partial charge in [-0.2, -0.15) is 0 Å². The fraction of sp³-hybridized carbons (Fsp3) is 0.350. The van der Waals surface area contributed by atoms with E-state index in [1.54, 1.807) is 0 Å². The zero-order valence-electron chi connectivity index (χ0n) is 14.1. The number of hydrogen-bond donors (Lipinski definition) is 1. The van der Waals surface area contributed by atoms with Crippen molar-refractivity contribution in [2.45, 2.75) is 27.7 Å². The van der Waals surface area contributed by atoms with Crippen LogP contribution < -0.4 is 10.1 Å². The zero-order valence-corrected chi connectivity index (χ0v) is 14.1. The maximum absolute atomic E-state index is 12.4. The molecule has 0 radical (unpaired) electrons. The van der Waals surface area contributed by atoms with E-state index in [1.807, 2.05) is 54.6 Å². The molecule has 3 heteroatoms. The van der Waals surface area contributed by atoms with Crippen molar-refractivity contribution < 1.29 is 9.53 Å². The second-order valence-electron chi connectivity index (χ2n) is 7.31. The van der Waals surface area contributed by atoms with Crippen molar-refractivity contribution in [2.75, 3.05) is 5.32 Å². The van der Waals surface area contributed by atoms with Crippen LogP contribution in [0.4, 0.5) is 5.69 Å². The van der Waals surface area contributed by atoms with Gasteiger partial charge in [-0.25, -0.2) is 0 Å². The minimum atomic E-state index is 0.0491. The molecule has 23 heavy (non-hydrogen) atoms. The summed E-state index contributed by atoms with van der Waals surface area (Å²) in [7, 11) is 0. The van der Waals surface area contributed by atoms with Crippen molar-refractivity contribution in [2.24, 2.45) is 16.7 Å². The predicted octanol–water partition coefficient (Wildman–Crippen LogP) is 5.10. The molecule has 0 aliphatic heterocycles. The largest absolute Gasteiger partial charge is 0.457 e. The molecule has 0 bridgehead atoms. The lowest BCUT2D eigenvalue weighted by Gasteiger charge is -2.09. The van der Waals surface area contributed by atoms with Crippen LogP contribution in [0.25, 0.3) is 0 Å². The lowest BCUT2D eigenvalue weighted by Crippen LogP contribution is -2.17. The van der Waals surface area contributed by atoms with Crippen LogP contribution in [0.5, 0.6) is 11.5 Å². The molecule has 1 saturated carbocycles. The third-order valence-electron chi connectivity index (χ3n) is 5.38. The fourth-order valence-electron chi connectivity index (χ4n) is 3.30. The Kier molecular flexibility index (Phi) is 3.67. The monoisotopic (exact) mass is 309 g/mol. The Balaban J connectivity index is 1.63. The quantitative estimate of drug-likeness (QED) is 0.853. The van der Waals surface area contributed by atoms with Gasteiger partial charge in [0, 0.05) is 11.6 Å². The average molecular weight is 309 g/mol. The standard InChI is InChI=1S/C20H23NO2/c1-19(2)17(20(19,3)4)18(22)21-14-10-12-16(13-11-14)23-15-8-6-5-7-9-15/h5-13,17H,1-4H3,(H,21,22). The van der Waals surface area contributed by atoms with Gasteiger partial charge in [0.15, 0.2) is 0 Å². The van der Waals surface area contributed by atoms with Crippen molar-refractivity contribution >= 4 is 11.6 Å². The van der Waals surface area contributed by atoms with Gasteiger partial charge in [0.25, 0.3) is 0 Å². The SMILES string of the molecule is CC1(C)C(C(=O)Nc2ccc(Oc3ccccc3)cc2)C1(C)C. The molecule has 0 spiro atoms. The molecule has 1 aliphatic rings. The van der Waals surface area contributed by atoms with Gasteiger partial charge in [0.05, 0.1) is 0 Å². The molecular weight excluding hydrogens is 286 g/mol. The highest BCUT2D eigenvalue weighted by molar-refractivity contribution is 5.96. The van der Waals surface area contributed by atoms with Gasteiger partial charge in [-0.05, 0) is 47.2 Å². The first-order chi connectivity index (χ1) is 10.8. The van der Waals surface area contributed by atoms with Crippen molar-refractivity contribution in [1.82, 2.24) is 0 Å². The number of carbonyl (C=O) groups is 1. The summed E-state index contributed by atoms with van der Waals surface area (Å²) in [6, 6.07) is 17.1. The summed E-state index contributed by atoms with van der Waals surface area (Å²) in [5, 5.41) is 3.01. The van der Waals surface area contributed by atoms with Crippen LogP contribution in [0.1, 0.15) is 27.7 Å². The van der Waals surface area contributed by atoms with E-state index in [4.69, 9.17) is 4.74 Å². The Morgan fingerprint density at radius 1 is 0.870 bits per heavy atom. The number of rotatable bonds is 4. The molecule has 120 valence electrons. The Morgan fingerprint density at radius 2 is 1.39 bits per heavy atom. The lowest BCUT2D eigenvalue weighted by atomic mass is 10.0. The van der Waals surface area contributed by atoms with Crippen LogP contribution in [-0.4, -0.2) is 5.91 Å². The molecule has 3 nitrogen and oxygen atoms in total. The number of ether oxygens (including phenoxy) is 1. The highest BCUT2D eigenvalue weighted by atomic mass is 16.5. The summed E-state index contributed by atoms with van der Waals surface area (Å²) in [6.45, 7) is 8.59. The van der Waals surface area contributed by atoms with Crippen LogP contribution in [0.2, 0.25) is 0 Å². The minimum absolute atomic E-state index is 0.0491. The molecule has 0 atom stereocenters. The van der Waals surface area contributed by atoms with Crippen LogP contribution in [0.3, 0.4) is 0 Å². The molecular formula is C20H23NO2. The van der Waals surface area contributed by atoms with Gasteiger partial charge in [-0.1, -0.05) is 45.9 Å². The summed E-state index contributed by atoms with van der Waals surface area (Å²) in [6.07, 6.45) is 0. The highest BCUT2D eigenvalue weighted by Gasteiger charge is 2.68.